The van der Waals surface area contributed by atoms with Crippen LogP contribution in [0.4, 0.5) is 0 Å². The molecule has 0 aliphatic carbocycles. The van der Waals surface area contributed by atoms with Crippen molar-refractivity contribution in [3.63, 3.8) is 0 Å². The first-order valence-corrected chi connectivity index (χ1v) is 7.00. The SMILES string of the molecule is BrCC=CCCCCOC1CCCCO1. The van der Waals surface area contributed by atoms with E-state index in [9.17, 15) is 0 Å². The summed E-state index contributed by atoms with van der Waals surface area (Å²) in [6.07, 6.45) is 11.4. The van der Waals surface area contributed by atoms with Gasteiger partial charge < -0.3 is 9.47 Å². The third-order valence-electron chi connectivity index (χ3n) is 2.46. The highest BCUT2D eigenvalue weighted by atomic mass is 79.9. The molecular weight excluding hydrogens is 256 g/mol. The maximum Gasteiger partial charge on any atom is 0.157 e. The van der Waals surface area contributed by atoms with Gasteiger partial charge in [-0.2, -0.15) is 0 Å². The fourth-order valence-electron chi connectivity index (χ4n) is 1.60. The van der Waals surface area contributed by atoms with Crippen molar-refractivity contribution in [3.8, 4) is 0 Å². The van der Waals surface area contributed by atoms with Crippen LogP contribution >= 0.6 is 15.9 Å². The molecule has 0 aromatic rings. The molecule has 0 amide bonds. The standard InChI is InChI=1S/C12H21BrO2/c13-9-5-2-1-3-6-10-14-12-8-4-7-11-15-12/h2,5,12H,1,3-4,6-11H2. The van der Waals surface area contributed by atoms with Gasteiger partial charge in [0.05, 0.1) is 0 Å². The molecule has 1 aliphatic heterocycles. The quantitative estimate of drug-likeness (QED) is 0.402. The van der Waals surface area contributed by atoms with Gasteiger partial charge >= 0.3 is 0 Å². The van der Waals surface area contributed by atoms with E-state index in [0.29, 0.717) is 0 Å². The fraction of sp³-hybridized carbons (Fsp3) is 0.833. The lowest BCUT2D eigenvalue weighted by atomic mass is 10.2. The fourth-order valence-corrected chi connectivity index (χ4v) is 1.87. The smallest absolute Gasteiger partial charge is 0.157 e. The van der Waals surface area contributed by atoms with Gasteiger partial charge in [0.15, 0.2) is 6.29 Å². The zero-order valence-corrected chi connectivity index (χ0v) is 10.9. The number of rotatable bonds is 7. The van der Waals surface area contributed by atoms with Crippen molar-refractivity contribution >= 4 is 15.9 Å². The first-order valence-electron chi connectivity index (χ1n) is 5.87. The number of alkyl halides is 1. The lowest BCUT2D eigenvalue weighted by Gasteiger charge is -2.22. The Bertz CT molecular complexity index is 165. The van der Waals surface area contributed by atoms with Gasteiger partial charge in [0.25, 0.3) is 0 Å². The molecule has 1 heterocycles. The Morgan fingerprint density at radius 2 is 2.20 bits per heavy atom. The molecule has 1 saturated heterocycles. The largest absolute Gasteiger partial charge is 0.353 e. The molecule has 1 atom stereocenters. The summed E-state index contributed by atoms with van der Waals surface area (Å²) in [7, 11) is 0. The van der Waals surface area contributed by atoms with Crippen LogP contribution in [-0.2, 0) is 9.47 Å². The molecule has 88 valence electrons. The summed E-state index contributed by atoms with van der Waals surface area (Å²) in [5.41, 5.74) is 0. The molecule has 1 rings (SSSR count). The van der Waals surface area contributed by atoms with E-state index in [-0.39, 0.29) is 6.29 Å². The van der Waals surface area contributed by atoms with Crippen LogP contribution in [0, 0.1) is 0 Å². The van der Waals surface area contributed by atoms with E-state index in [0.717, 1.165) is 37.8 Å². The summed E-state index contributed by atoms with van der Waals surface area (Å²) in [4.78, 5) is 0. The van der Waals surface area contributed by atoms with Crippen molar-refractivity contribution in [2.45, 2.75) is 44.8 Å². The lowest BCUT2D eigenvalue weighted by Crippen LogP contribution is -2.22. The Hall–Kier alpha value is 0.140. The van der Waals surface area contributed by atoms with E-state index >= 15 is 0 Å². The van der Waals surface area contributed by atoms with E-state index in [4.69, 9.17) is 9.47 Å². The van der Waals surface area contributed by atoms with Crippen molar-refractivity contribution in [1.29, 1.82) is 0 Å². The Morgan fingerprint density at radius 3 is 2.93 bits per heavy atom. The molecule has 15 heavy (non-hydrogen) atoms. The average Bonchev–Trinajstić information content (AvgIpc) is 2.29. The van der Waals surface area contributed by atoms with Crippen LogP contribution in [0.1, 0.15) is 38.5 Å². The van der Waals surface area contributed by atoms with Crippen molar-refractivity contribution < 1.29 is 9.47 Å². The van der Waals surface area contributed by atoms with Gasteiger partial charge in [-0.25, -0.2) is 0 Å². The van der Waals surface area contributed by atoms with E-state index in [1.165, 1.54) is 19.3 Å². The minimum absolute atomic E-state index is 0.0804. The molecule has 1 unspecified atom stereocenters. The summed E-state index contributed by atoms with van der Waals surface area (Å²) in [6.45, 7) is 1.71. The van der Waals surface area contributed by atoms with Crippen molar-refractivity contribution in [2.75, 3.05) is 18.5 Å². The highest BCUT2D eigenvalue weighted by Crippen LogP contribution is 2.14. The number of allylic oxidation sites excluding steroid dienone is 2. The second kappa shape index (κ2) is 9.37. The highest BCUT2D eigenvalue weighted by molar-refractivity contribution is 9.09. The molecule has 0 saturated carbocycles. The van der Waals surface area contributed by atoms with Crippen LogP contribution in [0.5, 0.6) is 0 Å². The first kappa shape index (κ1) is 13.2. The summed E-state index contributed by atoms with van der Waals surface area (Å²) in [5, 5.41) is 0.958. The lowest BCUT2D eigenvalue weighted by molar-refractivity contribution is -0.162. The number of halogens is 1. The predicted octanol–water partition coefficient (Wildman–Crippen LogP) is 3.65. The van der Waals surface area contributed by atoms with E-state index in [2.05, 4.69) is 28.1 Å². The first-order chi connectivity index (χ1) is 7.43. The van der Waals surface area contributed by atoms with Gasteiger partial charge in [-0.1, -0.05) is 28.1 Å². The van der Waals surface area contributed by atoms with Crippen LogP contribution in [0.25, 0.3) is 0 Å². The van der Waals surface area contributed by atoms with Gasteiger partial charge in [-0.3, -0.25) is 0 Å². The molecule has 0 bridgehead atoms. The monoisotopic (exact) mass is 276 g/mol. The maximum absolute atomic E-state index is 5.63. The highest BCUT2D eigenvalue weighted by Gasteiger charge is 2.12. The van der Waals surface area contributed by atoms with Gasteiger partial charge in [0.2, 0.25) is 0 Å². The average molecular weight is 277 g/mol. The van der Waals surface area contributed by atoms with Crippen LogP contribution in [0.2, 0.25) is 0 Å². The molecule has 1 aliphatic rings. The van der Waals surface area contributed by atoms with Gasteiger partial charge in [0, 0.05) is 18.5 Å². The molecule has 0 aromatic carbocycles. The van der Waals surface area contributed by atoms with Gasteiger partial charge in [-0.15, -0.1) is 0 Å². The molecule has 0 radical (unpaired) electrons. The minimum Gasteiger partial charge on any atom is -0.353 e. The topological polar surface area (TPSA) is 18.5 Å². The summed E-state index contributed by atoms with van der Waals surface area (Å²) in [5.74, 6) is 0. The molecule has 1 fully saturated rings. The zero-order chi connectivity index (χ0) is 10.8. The third kappa shape index (κ3) is 7.09. The van der Waals surface area contributed by atoms with Gasteiger partial charge in [0.1, 0.15) is 0 Å². The Kier molecular flexibility index (Phi) is 8.25. The van der Waals surface area contributed by atoms with Crippen LogP contribution in [0.15, 0.2) is 12.2 Å². The molecular formula is C12H21BrO2. The maximum atomic E-state index is 5.63. The number of hydrogen-bond acceptors (Lipinski definition) is 2. The second-order valence-electron chi connectivity index (χ2n) is 3.79. The minimum atomic E-state index is 0.0804. The van der Waals surface area contributed by atoms with Crippen molar-refractivity contribution in [1.82, 2.24) is 0 Å². The summed E-state index contributed by atoms with van der Waals surface area (Å²) in [6, 6.07) is 0. The number of ether oxygens (including phenoxy) is 2. The molecule has 2 nitrogen and oxygen atoms in total. The second-order valence-corrected chi connectivity index (χ2v) is 4.44. The van der Waals surface area contributed by atoms with E-state index in [1.54, 1.807) is 0 Å². The molecule has 0 aromatic heterocycles. The van der Waals surface area contributed by atoms with Crippen molar-refractivity contribution in [2.24, 2.45) is 0 Å². The molecule has 0 N–H and O–H groups in total. The molecule has 3 heteroatoms. The molecule has 0 spiro atoms. The van der Waals surface area contributed by atoms with Crippen LogP contribution in [-0.4, -0.2) is 24.8 Å². The zero-order valence-electron chi connectivity index (χ0n) is 9.29. The van der Waals surface area contributed by atoms with Crippen molar-refractivity contribution in [3.05, 3.63) is 12.2 Å². The Labute approximate surface area is 101 Å². The number of hydrogen-bond donors (Lipinski definition) is 0. The van der Waals surface area contributed by atoms with E-state index in [1.807, 2.05) is 0 Å². The third-order valence-corrected chi connectivity index (χ3v) is 2.84. The number of unbranched alkanes of at least 4 members (excludes halogenated alkanes) is 2. The summed E-state index contributed by atoms with van der Waals surface area (Å²) >= 11 is 3.36. The van der Waals surface area contributed by atoms with Gasteiger partial charge in [-0.05, 0) is 38.5 Å². The predicted molar refractivity (Wildman–Crippen MR) is 66.3 cm³/mol. The Morgan fingerprint density at radius 1 is 1.27 bits per heavy atom. The van der Waals surface area contributed by atoms with Crippen LogP contribution < -0.4 is 0 Å². The normalized spacial score (nSPS) is 22.3. The Balaban J connectivity index is 1.85. The van der Waals surface area contributed by atoms with Crippen LogP contribution in [0.3, 0.4) is 0 Å². The van der Waals surface area contributed by atoms with E-state index < -0.39 is 0 Å². The summed E-state index contributed by atoms with van der Waals surface area (Å²) < 4.78 is 11.1.